The van der Waals surface area contributed by atoms with Gasteiger partial charge in [-0.15, -0.1) is 0 Å². The molecule has 0 aliphatic carbocycles. The molecule has 1 aromatic carbocycles. The molecule has 0 radical (unpaired) electrons. The third-order valence-corrected chi connectivity index (χ3v) is 4.63. The van der Waals surface area contributed by atoms with Gasteiger partial charge in [0.2, 0.25) is 5.91 Å². The zero-order valence-corrected chi connectivity index (χ0v) is 13.2. The van der Waals surface area contributed by atoms with Crippen molar-refractivity contribution in [3.8, 4) is 0 Å². The lowest BCUT2D eigenvalue weighted by atomic mass is 10.0. The molecule has 116 valence electrons. The van der Waals surface area contributed by atoms with E-state index in [0.717, 1.165) is 43.6 Å². The topological polar surface area (TPSA) is 49.6 Å². The van der Waals surface area contributed by atoms with Gasteiger partial charge in [0.1, 0.15) is 0 Å². The Bertz CT molecular complexity index is 467. The summed E-state index contributed by atoms with van der Waals surface area (Å²) >= 11 is 0. The molecule has 1 amide bonds. The van der Waals surface area contributed by atoms with Crippen LogP contribution in [-0.4, -0.2) is 48.4 Å². The fourth-order valence-corrected chi connectivity index (χ4v) is 3.04. The van der Waals surface area contributed by atoms with Crippen LogP contribution in [0.1, 0.15) is 30.9 Å². The summed E-state index contributed by atoms with van der Waals surface area (Å²) in [5.41, 5.74) is 7.87. The molecule has 21 heavy (non-hydrogen) atoms. The molecule has 1 aliphatic heterocycles. The predicted octanol–water partition coefficient (Wildman–Crippen LogP) is 1.63. The molecule has 1 fully saturated rings. The lowest BCUT2D eigenvalue weighted by Crippen LogP contribution is -2.46. The van der Waals surface area contributed by atoms with Crippen LogP contribution in [0, 0.1) is 0 Å². The van der Waals surface area contributed by atoms with Crippen molar-refractivity contribution in [3.05, 3.63) is 35.4 Å². The Hall–Kier alpha value is -1.39. The highest BCUT2D eigenvalue weighted by molar-refractivity contribution is 5.79. The smallest absolute Gasteiger partial charge is 0.226 e. The number of nitrogens with zero attached hydrogens (tertiary/aromatic N) is 2. The minimum Gasteiger partial charge on any atom is -0.342 e. The average molecular weight is 289 g/mol. The first kappa shape index (κ1) is 16.0. The monoisotopic (exact) mass is 289 g/mol. The Morgan fingerprint density at radius 3 is 2.48 bits per heavy atom. The summed E-state index contributed by atoms with van der Waals surface area (Å²) in [5.74, 6) is 0.200. The van der Waals surface area contributed by atoms with E-state index in [2.05, 4.69) is 11.8 Å². The van der Waals surface area contributed by atoms with Crippen molar-refractivity contribution < 1.29 is 4.79 Å². The van der Waals surface area contributed by atoms with Gasteiger partial charge in [0.15, 0.2) is 0 Å². The van der Waals surface area contributed by atoms with E-state index in [-0.39, 0.29) is 5.91 Å². The molecule has 2 N–H and O–H groups in total. The van der Waals surface area contributed by atoms with Crippen molar-refractivity contribution in [2.24, 2.45) is 5.73 Å². The van der Waals surface area contributed by atoms with Gasteiger partial charge in [0, 0.05) is 32.7 Å². The van der Waals surface area contributed by atoms with Gasteiger partial charge in [0.05, 0.1) is 6.42 Å². The summed E-state index contributed by atoms with van der Waals surface area (Å²) in [5, 5.41) is 0. The van der Waals surface area contributed by atoms with Crippen molar-refractivity contribution in [3.63, 3.8) is 0 Å². The summed E-state index contributed by atoms with van der Waals surface area (Å²) in [7, 11) is 1.94. The van der Waals surface area contributed by atoms with Gasteiger partial charge in [-0.2, -0.15) is 0 Å². The van der Waals surface area contributed by atoms with Crippen LogP contribution in [0.2, 0.25) is 0 Å². The summed E-state index contributed by atoms with van der Waals surface area (Å²) in [4.78, 5) is 16.9. The Labute approximate surface area is 127 Å². The van der Waals surface area contributed by atoms with Crippen LogP contribution in [0.5, 0.6) is 0 Å². The van der Waals surface area contributed by atoms with Gasteiger partial charge in [0.25, 0.3) is 0 Å². The second kappa shape index (κ2) is 7.57. The Balaban J connectivity index is 1.94. The van der Waals surface area contributed by atoms with Gasteiger partial charge in [-0.1, -0.05) is 31.2 Å². The lowest BCUT2D eigenvalue weighted by Gasteiger charge is -2.36. The van der Waals surface area contributed by atoms with Crippen molar-refractivity contribution in [2.45, 2.75) is 38.8 Å². The van der Waals surface area contributed by atoms with Crippen LogP contribution >= 0.6 is 0 Å². The third-order valence-electron chi connectivity index (χ3n) is 4.63. The summed E-state index contributed by atoms with van der Waals surface area (Å²) in [6, 6.07) is 8.34. The number of hydrogen-bond donors (Lipinski definition) is 1. The van der Waals surface area contributed by atoms with Crippen LogP contribution < -0.4 is 5.73 Å². The third kappa shape index (κ3) is 4.05. The van der Waals surface area contributed by atoms with E-state index in [4.69, 9.17) is 5.73 Å². The minimum atomic E-state index is 0.200. The number of hydrogen-bond acceptors (Lipinski definition) is 3. The molecule has 1 aliphatic rings. The van der Waals surface area contributed by atoms with E-state index >= 15 is 0 Å². The number of likely N-dealkylation sites (tertiary alicyclic amines) is 1. The fraction of sp³-hybridized carbons (Fsp3) is 0.588. The van der Waals surface area contributed by atoms with Gasteiger partial charge >= 0.3 is 0 Å². The van der Waals surface area contributed by atoms with E-state index < -0.39 is 0 Å². The molecule has 0 unspecified atom stereocenters. The second-order valence-electron chi connectivity index (χ2n) is 5.82. The molecule has 0 atom stereocenters. The molecule has 1 heterocycles. The van der Waals surface area contributed by atoms with E-state index in [0.29, 0.717) is 19.0 Å². The standard InChI is InChI=1S/C17H27N3O/c1-3-20-10-8-16(9-11-20)19(2)17(21)12-14-6-4-5-7-15(14)13-18/h4-7,16H,3,8-13,18H2,1-2H3. The van der Waals surface area contributed by atoms with Crippen molar-refractivity contribution in [1.29, 1.82) is 0 Å². The molecule has 0 saturated carbocycles. The second-order valence-corrected chi connectivity index (χ2v) is 5.82. The van der Waals surface area contributed by atoms with Crippen LogP contribution in [0.4, 0.5) is 0 Å². The van der Waals surface area contributed by atoms with Gasteiger partial charge < -0.3 is 15.5 Å². The first-order chi connectivity index (χ1) is 10.2. The summed E-state index contributed by atoms with van der Waals surface area (Å²) in [6.45, 7) is 5.98. The zero-order chi connectivity index (χ0) is 15.2. The maximum atomic E-state index is 12.5. The summed E-state index contributed by atoms with van der Waals surface area (Å²) in [6.07, 6.45) is 2.61. The van der Waals surface area contributed by atoms with E-state index in [1.807, 2.05) is 36.2 Å². The first-order valence-electron chi connectivity index (χ1n) is 7.90. The van der Waals surface area contributed by atoms with Gasteiger partial charge in [-0.25, -0.2) is 0 Å². The predicted molar refractivity (Wildman–Crippen MR) is 85.9 cm³/mol. The molecular weight excluding hydrogens is 262 g/mol. The number of amides is 1. The Morgan fingerprint density at radius 1 is 1.29 bits per heavy atom. The van der Waals surface area contributed by atoms with Crippen molar-refractivity contribution >= 4 is 5.91 Å². The Morgan fingerprint density at radius 2 is 1.90 bits per heavy atom. The number of carbonyl (C=O) groups excluding carboxylic acids is 1. The van der Waals surface area contributed by atoms with Crippen LogP contribution in [0.25, 0.3) is 0 Å². The molecular formula is C17H27N3O. The van der Waals surface area contributed by atoms with Gasteiger partial charge in [-0.3, -0.25) is 4.79 Å². The fourth-order valence-electron chi connectivity index (χ4n) is 3.04. The largest absolute Gasteiger partial charge is 0.342 e. The van der Waals surface area contributed by atoms with Crippen molar-refractivity contribution in [1.82, 2.24) is 9.80 Å². The van der Waals surface area contributed by atoms with Crippen molar-refractivity contribution in [2.75, 3.05) is 26.7 Å². The maximum Gasteiger partial charge on any atom is 0.226 e. The van der Waals surface area contributed by atoms with E-state index in [1.165, 1.54) is 0 Å². The highest BCUT2D eigenvalue weighted by Crippen LogP contribution is 2.17. The normalized spacial score (nSPS) is 16.9. The molecule has 0 bridgehead atoms. The molecule has 0 aromatic heterocycles. The number of likely N-dealkylation sites (N-methyl/N-ethyl adjacent to an activating group) is 1. The number of benzene rings is 1. The average Bonchev–Trinajstić information content (AvgIpc) is 2.54. The molecule has 1 aromatic rings. The highest BCUT2D eigenvalue weighted by atomic mass is 16.2. The molecule has 4 nitrogen and oxygen atoms in total. The zero-order valence-electron chi connectivity index (χ0n) is 13.2. The van der Waals surface area contributed by atoms with E-state index in [9.17, 15) is 4.79 Å². The van der Waals surface area contributed by atoms with Crippen LogP contribution in [0.15, 0.2) is 24.3 Å². The van der Waals surface area contributed by atoms with E-state index in [1.54, 1.807) is 0 Å². The molecule has 4 heteroatoms. The quantitative estimate of drug-likeness (QED) is 0.896. The highest BCUT2D eigenvalue weighted by Gasteiger charge is 2.24. The first-order valence-corrected chi connectivity index (χ1v) is 7.90. The van der Waals surface area contributed by atoms with Crippen LogP contribution in [-0.2, 0) is 17.8 Å². The number of rotatable bonds is 5. The molecule has 2 rings (SSSR count). The van der Waals surface area contributed by atoms with Crippen LogP contribution in [0.3, 0.4) is 0 Å². The Kier molecular flexibility index (Phi) is 5.76. The number of piperidine rings is 1. The lowest BCUT2D eigenvalue weighted by molar-refractivity contribution is -0.132. The number of carbonyl (C=O) groups is 1. The van der Waals surface area contributed by atoms with Gasteiger partial charge in [-0.05, 0) is 30.5 Å². The molecule has 0 spiro atoms. The number of nitrogens with two attached hydrogens (primary N) is 1. The SMILES string of the molecule is CCN1CCC(N(C)C(=O)Cc2ccccc2CN)CC1. The minimum absolute atomic E-state index is 0.200. The molecule has 1 saturated heterocycles. The summed E-state index contributed by atoms with van der Waals surface area (Å²) < 4.78 is 0. The maximum absolute atomic E-state index is 12.5.